The van der Waals surface area contributed by atoms with Crippen molar-refractivity contribution in [3.63, 3.8) is 0 Å². The number of carbonyl (C=O) groups excluding carboxylic acids is 1. The summed E-state index contributed by atoms with van der Waals surface area (Å²) in [6, 6.07) is 0.304. The third-order valence-electron chi connectivity index (χ3n) is 3.37. The maximum Gasteiger partial charge on any atom is 0.223 e. The summed E-state index contributed by atoms with van der Waals surface area (Å²) in [5.41, 5.74) is 5.68. The van der Waals surface area contributed by atoms with Gasteiger partial charge in [0.25, 0.3) is 0 Å². The lowest BCUT2D eigenvalue weighted by atomic mass is 9.95. The molecule has 1 saturated heterocycles. The Morgan fingerprint density at radius 3 is 2.59 bits per heavy atom. The van der Waals surface area contributed by atoms with E-state index in [2.05, 4.69) is 20.8 Å². The van der Waals surface area contributed by atoms with Gasteiger partial charge in [0.15, 0.2) is 0 Å². The first kappa shape index (κ1) is 16.7. The van der Waals surface area contributed by atoms with Gasteiger partial charge in [-0.25, -0.2) is 0 Å². The van der Waals surface area contributed by atoms with E-state index in [1.165, 1.54) is 0 Å². The Labute approximate surface area is 112 Å². The lowest BCUT2D eigenvalue weighted by Gasteiger charge is -2.25. The van der Waals surface area contributed by atoms with Gasteiger partial charge < -0.3 is 10.6 Å². The highest BCUT2D eigenvalue weighted by Crippen LogP contribution is 2.21. The molecular weight excluding hydrogens is 236 g/mol. The van der Waals surface area contributed by atoms with Gasteiger partial charge in [0.05, 0.1) is 0 Å². The lowest BCUT2D eigenvalue weighted by molar-refractivity contribution is -0.132. The summed E-state index contributed by atoms with van der Waals surface area (Å²) in [5, 5.41) is 0. The molecule has 0 aliphatic carbocycles. The smallest absolute Gasteiger partial charge is 0.223 e. The van der Waals surface area contributed by atoms with Gasteiger partial charge in [-0.15, -0.1) is 12.4 Å². The predicted octanol–water partition coefficient (Wildman–Crippen LogP) is 2.43. The van der Waals surface area contributed by atoms with Crippen molar-refractivity contribution in [3.05, 3.63) is 0 Å². The van der Waals surface area contributed by atoms with Crippen molar-refractivity contribution in [3.8, 4) is 0 Å². The van der Waals surface area contributed by atoms with Crippen LogP contribution in [0.1, 0.15) is 46.5 Å². The third-order valence-corrected chi connectivity index (χ3v) is 3.37. The molecule has 3 nitrogen and oxygen atoms in total. The fourth-order valence-electron chi connectivity index (χ4n) is 2.71. The molecule has 2 N–H and O–H groups in total. The SMILES string of the molecule is CC(C)CC(C)CC(=O)N1CCCC1CN.Cl. The van der Waals surface area contributed by atoms with Crippen LogP contribution in [0, 0.1) is 11.8 Å². The molecule has 0 aromatic carbocycles. The number of rotatable bonds is 5. The van der Waals surface area contributed by atoms with Gasteiger partial charge in [-0.2, -0.15) is 0 Å². The Kier molecular flexibility index (Phi) is 7.80. The zero-order valence-electron chi connectivity index (χ0n) is 11.3. The molecule has 17 heavy (non-hydrogen) atoms. The van der Waals surface area contributed by atoms with Crippen LogP contribution in [0.15, 0.2) is 0 Å². The zero-order chi connectivity index (χ0) is 12.1. The second-order valence-electron chi connectivity index (χ2n) is 5.56. The fraction of sp³-hybridized carbons (Fsp3) is 0.923. The number of carbonyl (C=O) groups is 1. The number of nitrogens with zero attached hydrogens (tertiary/aromatic N) is 1. The van der Waals surface area contributed by atoms with E-state index >= 15 is 0 Å². The maximum atomic E-state index is 12.1. The monoisotopic (exact) mass is 262 g/mol. The van der Waals surface area contributed by atoms with Gasteiger partial charge in [0.1, 0.15) is 0 Å². The first-order valence-electron chi connectivity index (χ1n) is 6.54. The van der Waals surface area contributed by atoms with Crippen molar-refractivity contribution in [2.24, 2.45) is 17.6 Å². The largest absolute Gasteiger partial charge is 0.338 e. The van der Waals surface area contributed by atoms with Crippen LogP contribution in [-0.2, 0) is 4.79 Å². The molecule has 0 radical (unpaired) electrons. The van der Waals surface area contributed by atoms with Crippen LogP contribution in [0.3, 0.4) is 0 Å². The molecule has 1 amide bonds. The predicted molar refractivity (Wildman–Crippen MR) is 74.3 cm³/mol. The summed E-state index contributed by atoms with van der Waals surface area (Å²) < 4.78 is 0. The molecule has 0 saturated carbocycles. The van der Waals surface area contributed by atoms with E-state index < -0.39 is 0 Å². The second-order valence-corrected chi connectivity index (χ2v) is 5.56. The Bertz CT molecular complexity index is 233. The fourth-order valence-corrected chi connectivity index (χ4v) is 2.71. The van der Waals surface area contributed by atoms with Crippen molar-refractivity contribution in [2.75, 3.05) is 13.1 Å². The Morgan fingerprint density at radius 2 is 2.06 bits per heavy atom. The third kappa shape index (κ3) is 5.26. The summed E-state index contributed by atoms with van der Waals surface area (Å²) in [4.78, 5) is 14.1. The normalized spacial score (nSPS) is 21.5. The van der Waals surface area contributed by atoms with Gasteiger partial charge in [-0.1, -0.05) is 20.8 Å². The number of hydrogen-bond acceptors (Lipinski definition) is 2. The van der Waals surface area contributed by atoms with Crippen LogP contribution in [0.25, 0.3) is 0 Å². The quantitative estimate of drug-likeness (QED) is 0.827. The molecule has 0 bridgehead atoms. The minimum atomic E-state index is 0. The highest BCUT2D eigenvalue weighted by molar-refractivity contribution is 5.85. The van der Waals surface area contributed by atoms with Gasteiger partial charge in [0.2, 0.25) is 5.91 Å². The molecule has 1 aliphatic heterocycles. The van der Waals surface area contributed by atoms with E-state index in [9.17, 15) is 4.79 Å². The zero-order valence-corrected chi connectivity index (χ0v) is 12.1. The first-order valence-corrected chi connectivity index (χ1v) is 6.54. The summed E-state index contributed by atoms with van der Waals surface area (Å²) in [6.45, 7) is 8.11. The van der Waals surface area contributed by atoms with Crippen LogP contribution < -0.4 is 5.73 Å². The molecular formula is C13H27ClN2O. The van der Waals surface area contributed by atoms with E-state index in [4.69, 9.17) is 5.73 Å². The highest BCUT2D eigenvalue weighted by atomic mass is 35.5. The van der Waals surface area contributed by atoms with Gasteiger partial charge in [0, 0.05) is 25.6 Å². The van der Waals surface area contributed by atoms with E-state index in [0.717, 1.165) is 25.8 Å². The molecule has 0 aromatic rings. The molecule has 0 spiro atoms. The molecule has 1 heterocycles. The average molecular weight is 263 g/mol. The number of nitrogens with two attached hydrogens (primary N) is 1. The van der Waals surface area contributed by atoms with Gasteiger partial charge in [-0.3, -0.25) is 4.79 Å². The molecule has 0 aromatic heterocycles. The Balaban J connectivity index is 0.00000256. The number of hydrogen-bond donors (Lipinski definition) is 1. The minimum Gasteiger partial charge on any atom is -0.338 e. The molecule has 1 rings (SSSR count). The van der Waals surface area contributed by atoms with Gasteiger partial charge in [-0.05, 0) is 31.1 Å². The van der Waals surface area contributed by atoms with E-state index in [1.807, 2.05) is 4.90 Å². The van der Waals surface area contributed by atoms with Gasteiger partial charge >= 0.3 is 0 Å². The number of likely N-dealkylation sites (tertiary alicyclic amines) is 1. The summed E-state index contributed by atoms with van der Waals surface area (Å²) >= 11 is 0. The van der Waals surface area contributed by atoms with Crippen LogP contribution in [-0.4, -0.2) is 29.9 Å². The Morgan fingerprint density at radius 1 is 1.41 bits per heavy atom. The van der Waals surface area contributed by atoms with Crippen molar-refractivity contribution in [2.45, 2.75) is 52.5 Å². The standard InChI is InChI=1S/C13H26N2O.ClH/c1-10(2)7-11(3)8-13(16)15-6-4-5-12(15)9-14;/h10-12H,4-9,14H2,1-3H3;1H. The Hall–Kier alpha value is -0.280. The molecule has 1 fully saturated rings. The van der Waals surface area contributed by atoms with Crippen molar-refractivity contribution < 1.29 is 4.79 Å². The second kappa shape index (κ2) is 7.93. The minimum absolute atomic E-state index is 0. The molecule has 4 heteroatoms. The summed E-state index contributed by atoms with van der Waals surface area (Å²) in [6.07, 6.45) is 4.02. The topological polar surface area (TPSA) is 46.3 Å². The van der Waals surface area contributed by atoms with Crippen LogP contribution in [0.5, 0.6) is 0 Å². The van der Waals surface area contributed by atoms with Crippen molar-refractivity contribution in [1.82, 2.24) is 4.90 Å². The molecule has 2 unspecified atom stereocenters. The van der Waals surface area contributed by atoms with Crippen LogP contribution >= 0.6 is 12.4 Å². The van der Waals surface area contributed by atoms with E-state index in [-0.39, 0.29) is 12.4 Å². The van der Waals surface area contributed by atoms with Crippen LogP contribution in [0.2, 0.25) is 0 Å². The highest BCUT2D eigenvalue weighted by Gasteiger charge is 2.28. The average Bonchev–Trinajstić information content (AvgIpc) is 2.63. The molecule has 102 valence electrons. The molecule has 1 aliphatic rings. The first-order chi connectivity index (χ1) is 7.54. The van der Waals surface area contributed by atoms with Crippen LogP contribution in [0.4, 0.5) is 0 Å². The molecule has 2 atom stereocenters. The summed E-state index contributed by atoms with van der Waals surface area (Å²) in [7, 11) is 0. The van der Waals surface area contributed by atoms with E-state index in [0.29, 0.717) is 36.8 Å². The van der Waals surface area contributed by atoms with Crippen molar-refractivity contribution in [1.29, 1.82) is 0 Å². The summed E-state index contributed by atoms with van der Waals surface area (Å²) in [5.74, 6) is 1.47. The maximum absolute atomic E-state index is 12.1. The van der Waals surface area contributed by atoms with E-state index in [1.54, 1.807) is 0 Å². The lowest BCUT2D eigenvalue weighted by Crippen LogP contribution is -2.40. The number of amides is 1. The number of halogens is 1. The van der Waals surface area contributed by atoms with Crippen molar-refractivity contribution >= 4 is 18.3 Å².